The van der Waals surface area contributed by atoms with Gasteiger partial charge in [0.15, 0.2) is 11.5 Å². The SMILES string of the molecule is CCCCN(SN(C)C(=O)Oc1cccc2c1OC(CC)(CC)C2)P1(=O)OCC(C)O1. The van der Waals surface area contributed by atoms with Gasteiger partial charge in [0.05, 0.1) is 24.8 Å². The van der Waals surface area contributed by atoms with Crippen molar-refractivity contribution in [2.75, 3.05) is 20.2 Å². The zero-order valence-corrected chi connectivity index (χ0v) is 20.7. The molecule has 1 saturated heterocycles. The Labute approximate surface area is 189 Å². The highest BCUT2D eigenvalue weighted by Crippen LogP contribution is 2.60. The lowest BCUT2D eigenvalue weighted by molar-refractivity contribution is 0.0824. The number of para-hydroxylation sites is 1. The van der Waals surface area contributed by atoms with Crippen molar-refractivity contribution in [2.24, 2.45) is 0 Å². The maximum atomic E-state index is 13.1. The maximum absolute atomic E-state index is 13.1. The van der Waals surface area contributed by atoms with Crippen molar-refractivity contribution in [1.29, 1.82) is 0 Å². The van der Waals surface area contributed by atoms with Crippen LogP contribution in [0.3, 0.4) is 0 Å². The second-order valence-electron chi connectivity index (χ2n) is 7.97. The molecule has 2 heterocycles. The van der Waals surface area contributed by atoms with Gasteiger partial charge in [-0.3, -0.25) is 9.05 Å². The van der Waals surface area contributed by atoms with Gasteiger partial charge in [0, 0.05) is 25.6 Å². The fourth-order valence-electron chi connectivity index (χ4n) is 3.58. The Balaban J connectivity index is 1.70. The molecule has 0 bridgehead atoms. The van der Waals surface area contributed by atoms with Crippen LogP contribution < -0.4 is 9.47 Å². The maximum Gasteiger partial charge on any atom is 0.426 e. The first-order valence-corrected chi connectivity index (χ1v) is 13.1. The number of hydrogen-bond acceptors (Lipinski definition) is 7. The highest BCUT2D eigenvalue weighted by molar-refractivity contribution is 7.99. The first kappa shape index (κ1) is 24.4. The van der Waals surface area contributed by atoms with E-state index in [1.807, 2.05) is 26.0 Å². The first-order valence-electron chi connectivity index (χ1n) is 10.9. The van der Waals surface area contributed by atoms with Gasteiger partial charge in [-0.2, -0.15) is 0 Å². The van der Waals surface area contributed by atoms with Crippen LogP contribution in [0.25, 0.3) is 0 Å². The Kier molecular flexibility index (Phi) is 7.97. The number of unbranched alkanes of at least 4 members (excludes halogenated alkanes) is 1. The van der Waals surface area contributed by atoms with Crippen LogP contribution in [-0.4, -0.2) is 46.4 Å². The second-order valence-corrected chi connectivity index (χ2v) is 11.3. The highest BCUT2D eigenvalue weighted by atomic mass is 32.2. The number of benzene rings is 1. The number of amides is 1. The Bertz CT molecular complexity index is 834. The van der Waals surface area contributed by atoms with Crippen LogP contribution in [0.5, 0.6) is 11.5 Å². The number of carbonyl (C=O) groups excluding carboxylic acids is 1. The van der Waals surface area contributed by atoms with E-state index in [2.05, 4.69) is 13.8 Å². The lowest BCUT2D eigenvalue weighted by Crippen LogP contribution is -2.32. The van der Waals surface area contributed by atoms with Gasteiger partial charge >= 0.3 is 13.8 Å². The van der Waals surface area contributed by atoms with Crippen molar-refractivity contribution in [3.63, 3.8) is 0 Å². The summed E-state index contributed by atoms with van der Waals surface area (Å²) in [5.41, 5.74) is 0.787. The number of hydrogen-bond donors (Lipinski definition) is 0. The molecule has 1 aromatic rings. The summed E-state index contributed by atoms with van der Waals surface area (Å²) < 4.78 is 38.8. The minimum absolute atomic E-state index is 0.254. The Morgan fingerprint density at radius 1 is 1.32 bits per heavy atom. The predicted molar refractivity (Wildman–Crippen MR) is 121 cm³/mol. The van der Waals surface area contributed by atoms with E-state index in [9.17, 15) is 9.36 Å². The van der Waals surface area contributed by atoms with Crippen LogP contribution in [0.4, 0.5) is 4.79 Å². The van der Waals surface area contributed by atoms with Gasteiger partial charge in [0.1, 0.15) is 5.60 Å². The smallest absolute Gasteiger partial charge is 0.426 e. The molecule has 3 rings (SSSR count). The highest BCUT2D eigenvalue weighted by Gasteiger charge is 2.43. The molecule has 31 heavy (non-hydrogen) atoms. The molecule has 2 atom stereocenters. The molecule has 0 aliphatic carbocycles. The molecule has 2 aliphatic heterocycles. The fraction of sp³-hybridized carbons (Fsp3) is 0.667. The topological polar surface area (TPSA) is 77.5 Å². The van der Waals surface area contributed by atoms with Crippen LogP contribution in [0.2, 0.25) is 0 Å². The van der Waals surface area contributed by atoms with Gasteiger partial charge in [-0.15, -0.1) is 4.08 Å². The van der Waals surface area contributed by atoms with Gasteiger partial charge in [0.25, 0.3) is 0 Å². The molecule has 1 aromatic carbocycles. The van der Waals surface area contributed by atoms with E-state index in [1.165, 1.54) is 8.38 Å². The molecular formula is C21H33N2O6PS. The van der Waals surface area contributed by atoms with E-state index >= 15 is 0 Å². The van der Waals surface area contributed by atoms with Gasteiger partial charge in [-0.1, -0.05) is 39.3 Å². The summed E-state index contributed by atoms with van der Waals surface area (Å²) in [5, 5.41) is 0. The van der Waals surface area contributed by atoms with Crippen molar-refractivity contribution in [3.8, 4) is 11.5 Å². The molecule has 1 fully saturated rings. The molecule has 0 radical (unpaired) electrons. The van der Waals surface area contributed by atoms with Crippen LogP contribution >= 0.6 is 19.9 Å². The number of ether oxygens (including phenoxy) is 2. The van der Waals surface area contributed by atoms with E-state index in [-0.39, 0.29) is 18.3 Å². The van der Waals surface area contributed by atoms with Crippen molar-refractivity contribution < 1.29 is 27.9 Å². The molecule has 1 amide bonds. The lowest BCUT2D eigenvalue weighted by atomic mass is 9.92. The van der Waals surface area contributed by atoms with Crippen molar-refractivity contribution in [1.82, 2.24) is 8.38 Å². The molecule has 8 nitrogen and oxygen atoms in total. The quantitative estimate of drug-likeness (QED) is 0.329. The minimum atomic E-state index is -3.46. The van der Waals surface area contributed by atoms with Crippen LogP contribution in [0.15, 0.2) is 18.2 Å². The molecule has 0 spiro atoms. The summed E-state index contributed by atoms with van der Waals surface area (Å²) in [6, 6.07) is 5.61. The number of rotatable bonds is 9. The second kappa shape index (κ2) is 10.1. The normalized spacial score (nSPS) is 24.1. The summed E-state index contributed by atoms with van der Waals surface area (Å²) in [5.74, 6) is 1.03. The third-order valence-electron chi connectivity index (χ3n) is 5.61. The van der Waals surface area contributed by atoms with E-state index in [4.69, 9.17) is 18.5 Å². The molecule has 0 N–H and O–H groups in total. The average Bonchev–Trinajstić information content (AvgIpc) is 3.32. The molecular weight excluding hydrogens is 439 g/mol. The summed E-state index contributed by atoms with van der Waals surface area (Å²) in [4.78, 5) is 12.8. The van der Waals surface area contributed by atoms with E-state index in [0.29, 0.717) is 18.0 Å². The van der Waals surface area contributed by atoms with Crippen LogP contribution in [-0.2, 0) is 20.0 Å². The molecule has 10 heteroatoms. The predicted octanol–water partition coefficient (Wildman–Crippen LogP) is 5.82. The Hall–Kier alpha value is -1.25. The Morgan fingerprint density at radius 3 is 2.68 bits per heavy atom. The van der Waals surface area contributed by atoms with Crippen molar-refractivity contribution in [2.45, 2.75) is 71.5 Å². The molecule has 0 saturated carbocycles. The molecule has 174 valence electrons. The summed E-state index contributed by atoms with van der Waals surface area (Å²) in [7, 11) is -1.89. The third-order valence-corrected chi connectivity index (χ3v) is 9.05. The molecule has 0 aromatic heterocycles. The molecule has 2 unspecified atom stereocenters. The summed E-state index contributed by atoms with van der Waals surface area (Å²) in [6.07, 6.45) is 3.40. The standard InChI is InChI=1S/C21H33N2O6PS/c1-6-9-13-23(30(25)26-15-16(4)29-30)31-22(5)20(24)27-18-12-10-11-17-14-21(7-2,8-3)28-19(17)18/h10-12,16H,6-9,13-15H2,1-5H3. The van der Waals surface area contributed by atoms with E-state index in [0.717, 1.165) is 49.8 Å². The largest absolute Gasteiger partial charge is 0.483 e. The third kappa shape index (κ3) is 5.40. The number of fused-ring (bicyclic) bond motifs is 1. The van der Waals surface area contributed by atoms with E-state index < -0.39 is 13.8 Å². The zero-order chi connectivity index (χ0) is 22.6. The van der Waals surface area contributed by atoms with E-state index in [1.54, 1.807) is 13.1 Å². The monoisotopic (exact) mass is 472 g/mol. The zero-order valence-electron chi connectivity index (χ0n) is 19.0. The Morgan fingerprint density at radius 2 is 2.06 bits per heavy atom. The van der Waals surface area contributed by atoms with Crippen molar-refractivity contribution in [3.05, 3.63) is 23.8 Å². The van der Waals surface area contributed by atoms with Crippen LogP contribution in [0, 0.1) is 0 Å². The number of nitrogens with zero attached hydrogens (tertiary/aromatic N) is 2. The summed E-state index contributed by atoms with van der Waals surface area (Å²) >= 11 is 0.990. The average molecular weight is 473 g/mol. The fourth-order valence-corrected chi connectivity index (χ4v) is 6.72. The van der Waals surface area contributed by atoms with Gasteiger partial charge in [-0.05, 0) is 32.3 Å². The first-order chi connectivity index (χ1) is 14.8. The van der Waals surface area contributed by atoms with Gasteiger partial charge in [-0.25, -0.2) is 13.7 Å². The minimum Gasteiger partial charge on any atom is -0.483 e. The van der Waals surface area contributed by atoms with Gasteiger partial charge < -0.3 is 9.47 Å². The van der Waals surface area contributed by atoms with Crippen molar-refractivity contribution >= 4 is 26.0 Å². The number of carbonyl (C=O) groups is 1. The molecule has 2 aliphatic rings. The van der Waals surface area contributed by atoms with Crippen LogP contribution in [0.1, 0.15) is 58.9 Å². The summed E-state index contributed by atoms with van der Waals surface area (Å²) in [6.45, 7) is 8.78. The van der Waals surface area contributed by atoms with Gasteiger partial charge in [0.2, 0.25) is 0 Å². The lowest BCUT2D eigenvalue weighted by Gasteiger charge is -2.28.